The molecule has 2 aliphatic rings. The van der Waals surface area contributed by atoms with Crippen molar-refractivity contribution in [3.63, 3.8) is 0 Å². The molecule has 1 N–H and O–H groups in total. The molecule has 17 heavy (non-hydrogen) atoms. The summed E-state index contributed by atoms with van der Waals surface area (Å²) in [5.74, 6) is 0.803. The zero-order chi connectivity index (χ0) is 12.5. The van der Waals surface area contributed by atoms with Crippen molar-refractivity contribution in [2.24, 2.45) is 5.92 Å². The average molecular weight is 239 g/mol. The molecular formula is C14H29N3. The molecule has 0 aromatic rings. The Morgan fingerprint density at radius 1 is 1.29 bits per heavy atom. The zero-order valence-electron chi connectivity index (χ0n) is 12.0. The highest BCUT2D eigenvalue weighted by molar-refractivity contribution is 4.94. The summed E-state index contributed by atoms with van der Waals surface area (Å²) >= 11 is 0. The molecule has 3 nitrogen and oxygen atoms in total. The Morgan fingerprint density at radius 2 is 2.06 bits per heavy atom. The summed E-state index contributed by atoms with van der Waals surface area (Å²) in [5, 5.41) is 3.73. The Bertz CT molecular complexity index is 246. The molecule has 3 unspecified atom stereocenters. The van der Waals surface area contributed by atoms with Gasteiger partial charge in [0.25, 0.3) is 0 Å². The van der Waals surface area contributed by atoms with Crippen LogP contribution in [0.3, 0.4) is 0 Å². The first-order valence-electron chi connectivity index (χ1n) is 7.14. The minimum Gasteiger partial charge on any atom is -0.310 e. The number of hydrogen-bond acceptors (Lipinski definition) is 3. The lowest BCUT2D eigenvalue weighted by molar-refractivity contribution is 0.177. The topological polar surface area (TPSA) is 18.5 Å². The fraction of sp³-hybridized carbons (Fsp3) is 1.00. The van der Waals surface area contributed by atoms with Crippen LogP contribution in [0.1, 0.15) is 33.1 Å². The van der Waals surface area contributed by atoms with Gasteiger partial charge >= 0.3 is 0 Å². The lowest BCUT2D eigenvalue weighted by atomic mass is 9.90. The van der Waals surface area contributed by atoms with E-state index in [-0.39, 0.29) is 0 Å². The van der Waals surface area contributed by atoms with Crippen molar-refractivity contribution in [1.29, 1.82) is 0 Å². The van der Waals surface area contributed by atoms with Crippen molar-refractivity contribution in [3.8, 4) is 0 Å². The number of nitrogens with zero attached hydrogens (tertiary/aromatic N) is 2. The number of hydrogen-bond donors (Lipinski definition) is 1. The van der Waals surface area contributed by atoms with Crippen LogP contribution in [0.4, 0.5) is 0 Å². The fourth-order valence-electron chi connectivity index (χ4n) is 3.60. The van der Waals surface area contributed by atoms with E-state index < -0.39 is 0 Å². The van der Waals surface area contributed by atoms with E-state index in [0.29, 0.717) is 5.54 Å². The Hall–Kier alpha value is -0.120. The summed E-state index contributed by atoms with van der Waals surface area (Å²) in [6.45, 7) is 9.73. The maximum atomic E-state index is 3.73. The molecule has 3 heteroatoms. The van der Waals surface area contributed by atoms with Gasteiger partial charge in [-0.15, -0.1) is 0 Å². The van der Waals surface area contributed by atoms with Crippen LogP contribution in [0.5, 0.6) is 0 Å². The van der Waals surface area contributed by atoms with Crippen LogP contribution in [0.15, 0.2) is 0 Å². The van der Waals surface area contributed by atoms with Crippen LogP contribution in [-0.2, 0) is 0 Å². The maximum Gasteiger partial charge on any atom is 0.0280 e. The summed E-state index contributed by atoms with van der Waals surface area (Å²) < 4.78 is 0. The van der Waals surface area contributed by atoms with E-state index in [0.717, 1.165) is 12.0 Å². The van der Waals surface area contributed by atoms with Crippen LogP contribution in [-0.4, -0.2) is 61.7 Å². The van der Waals surface area contributed by atoms with Gasteiger partial charge in [0.15, 0.2) is 0 Å². The molecule has 0 aromatic carbocycles. The zero-order valence-corrected chi connectivity index (χ0v) is 12.0. The largest absolute Gasteiger partial charge is 0.310 e. The van der Waals surface area contributed by atoms with Gasteiger partial charge < -0.3 is 10.2 Å². The highest BCUT2D eigenvalue weighted by Crippen LogP contribution is 2.25. The van der Waals surface area contributed by atoms with Crippen LogP contribution in [0, 0.1) is 5.92 Å². The number of nitrogens with one attached hydrogen (secondary N) is 1. The lowest BCUT2D eigenvalue weighted by Crippen LogP contribution is -2.53. The van der Waals surface area contributed by atoms with E-state index >= 15 is 0 Å². The molecule has 2 saturated heterocycles. The SMILES string of the molecule is CC1CN(CC2(C)CCCCN2)CC1N(C)C. The Kier molecular flexibility index (Phi) is 4.11. The Morgan fingerprint density at radius 3 is 2.59 bits per heavy atom. The second-order valence-electron chi connectivity index (χ2n) is 6.65. The molecule has 0 radical (unpaired) electrons. The summed E-state index contributed by atoms with van der Waals surface area (Å²) in [7, 11) is 4.43. The quantitative estimate of drug-likeness (QED) is 0.803. The molecule has 2 rings (SSSR count). The number of likely N-dealkylation sites (tertiary alicyclic amines) is 1. The second kappa shape index (κ2) is 5.25. The van der Waals surface area contributed by atoms with Crippen molar-refractivity contribution in [3.05, 3.63) is 0 Å². The molecule has 0 spiro atoms. The van der Waals surface area contributed by atoms with Crippen molar-refractivity contribution in [1.82, 2.24) is 15.1 Å². The maximum absolute atomic E-state index is 3.73. The van der Waals surface area contributed by atoms with Gasteiger partial charge in [-0.3, -0.25) is 4.90 Å². The van der Waals surface area contributed by atoms with Gasteiger partial charge in [0, 0.05) is 31.2 Å². The molecule has 2 heterocycles. The van der Waals surface area contributed by atoms with Crippen LogP contribution < -0.4 is 5.32 Å². The molecule has 0 aromatic heterocycles. The molecule has 0 bridgehead atoms. The number of likely N-dealkylation sites (N-methyl/N-ethyl adjacent to an activating group) is 1. The first-order valence-corrected chi connectivity index (χ1v) is 7.14. The van der Waals surface area contributed by atoms with Gasteiger partial charge in [0.05, 0.1) is 0 Å². The predicted octanol–water partition coefficient (Wildman–Crippen LogP) is 1.40. The monoisotopic (exact) mass is 239 g/mol. The average Bonchev–Trinajstić information content (AvgIpc) is 2.59. The van der Waals surface area contributed by atoms with Gasteiger partial charge in [-0.1, -0.05) is 13.3 Å². The van der Waals surface area contributed by atoms with Gasteiger partial charge in [-0.2, -0.15) is 0 Å². The molecule has 2 fully saturated rings. The Labute approximate surface area is 107 Å². The van der Waals surface area contributed by atoms with E-state index in [9.17, 15) is 0 Å². The predicted molar refractivity (Wildman–Crippen MR) is 73.3 cm³/mol. The van der Waals surface area contributed by atoms with E-state index in [2.05, 4.69) is 43.1 Å². The number of piperidine rings is 1. The highest BCUT2D eigenvalue weighted by atomic mass is 15.3. The van der Waals surface area contributed by atoms with Gasteiger partial charge in [-0.25, -0.2) is 0 Å². The van der Waals surface area contributed by atoms with Crippen molar-refractivity contribution in [2.45, 2.75) is 44.7 Å². The normalized spacial score (nSPS) is 40.1. The summed E-state index contributed by atoms with van der Waals surface area (Å²) in [6, 6.07) is 0.738. The van der Waals surface area contributed by atoms with Gasteiger partial charge in [-0.05, 0) is 46.3 Å². The van der Waals surface area contributed by atoms with Crippen LogP contribution in [0.2, 0.25) is 0 Å². The van der Waals surface area contributed by atoms with E-state index in [1.165, 1.54) is 45.4 Å². The van der Waals surface area contributed by atoms with Gasteiger partial charge in [0.1, 0.15) is 0 Å². The standard InChI is InChI=1S/C14H29N3/c1-12-9-17(10-13(12)16(3)4)11-14(2)7-5-6-8-15-14/h12-13,15H,5-11H2,1-4H3. The van der Waals surface area contributed by atoms with E-state index in [1.807, 2.05) is 0 Å². The third-order valence-electron chi connectivity index (χ3n) is 4.59. The second-order valence-corrected chi connectivity index (χ2v) is 6.65. The molecular weight excluding hydrogens is 210 g/mol. The number of rotatable bonds is 3. The van der Waals surface area contributed by atoms with Crippen molar-refractivity contribution in [2.75, 3.05) is 40.3 Å². The molecule has 3 atom stereocenters. The lowest BCUT2D eigenvalue weighted by Gasteiger charge is -2.38. The van der Waals surface area contributed by atoms with Gasteiger partial charge in [0.2, 0.25) is 0 Å². The van der Waals surface area contributed by atoms with Crippen LogP contribution >= 0.6 is 0 Å². The summed E-state index contributed by atoms with van der Waals surface area (Å²) in [6.07, 6.45) is 4.08. The third kappa shape index (κ3) is 3.21. The van der Waals surface area contributed by atoms with Crippen molar-refractivity contribution < 1.29 is 0 Å². The Balaban J connectivity index is 1.88. The fourth-order valence-corrected chi connectivity index (χ4v) is 3.60. The molecule has 2 aliphatic heterocycles. The first-order chi connectivity index (χ1) is 8.00. The minimum absolute atomic E-state index is 0.360. The smallest absolute Gasteiger partial charge is 0.0280 e. The molecule has 0 saturated carbocycles. The van der Waals surface area contributed by atoms with E-state index in [1.54, 1.807) is 0 Å². The highest BCUT2D eigenvalue weighted by Gasteiger charge is 2.35. The molecule has 0 amide bonds. The minimum atomic E-state index is 0.360. The summed E-state index contributed by atoms with van der Waals surface area (Å²) in [5.41, 5.74) is 0.360. The molecule has 0 aliphatic carbocycles. The summed E-state index contributed by atoms with van der Waals surface area (Å²) in [4.78, 5) is 5.05. The van der Waals surface area contributed by atoms with Crippen molar-refractivity contribution >= 4 is 0 Å². The first kappa shape index (κ1) is 13.3. The third-order valence-corrected chi connectivity index (χ3v) is 4.59. The van der Waals surface area contributed by atoms with Crippen LogP contribution in [0.25, 0.3) is 0 Å². The van der Waals surface area contributed by atoms with E-state index in [4.69, 9.17) is 0 Å². The molecule has 100 valence electrons.